The predicted octanol–water partition coefficient (Wildman–Crippen LogP) is 4.19. The van der Waals surface area contributed by atoms with E-state index in [-0.39, 0.29) is 0 Å². The molecule has 2 bridgehead atoms. The van der Waals surface area contributed by atoms with E-state index >= 15 is 0 Å². The molecule has 0 saturated carbocycles. The maximum Gasteiger partial charge on any atom is 0.127 e. The van der Waals surface area contributed by atoms with Crippen LogP contribution in [0.25, 0.3) is 0 Å². The molecule has 2 saturated heterocycles. The van der Waals surface area contributed by atoms with Gasteiger partial charge in [-0.25, -0.2) is 0 Å². The third kappa shape index (κ3) is 3.63. The monoisotopic (exact) mass is 322 g/mol. The Labute approximate surface area is 144 Å². The van der Waals surface area contributed by atoms with Crippen LogP contribution in [-0.2, 0) is 6.54 Å². The molecule has 0 aromatic heterocycles. The molecule has 2 atom stereocenters. The van der Waals surface area contributed by atoms with E-state index in [1.165, 1.54) is 31.2 Å². The molecule has 2 heterocycles. The Bertz CT molecular complexity index is 661. The van der Waals surface area contributed by atoms with Gasteiger partial charge in [0.1, 0.15) is 11.5 Å². The molecule has 0 amide bonds. The number of fused-ring (bicyclic) bond motifs is 2. The topological polar surface area (TPSA) is 24.5 Å². The molecular formula is C21H26N2O. The Kier molecular flexibility index (Phi) is 4.54. The fourth-order valence-electron chi connectivity index (χ4n) is 4.14. The first-order valence-electron chi connectivity index (χ1n) is 9.04. The van der Waals surface area contributed by atoms with Gasteiger partial charge in [0.15, 0.2) is 0 Å². The molecule has 2 unspecified atom stereocenters. The lowest BCUT2D eigenvalue weighted by molar-refractivity contribution is 0.166. The summed E-state index contributed by atoms with van der Waals surface area (Å²) in [6, 6.07) is 20.6. The highest BCUT2D eigenvalue weighted by Gasteiger charge is 2.34. The zero-order chi connectivity index (χ0) is 16.4. The molecule has 2 aliphatic heterocycles. The van der Waals surface area contributed by atoms with Crippen LogP contribution in [0.4, 0.5) is 0 Å². The smallest absolute Gasteiger partial charge is 0.127 e. The minimum absolute atomic E-state index is 0.697. The highest BCUT2D eigenvalue weighted by atomic mass is 16.5. The summed E-state index contributed by atoms with van der Waals surface area (Å²) in [7, 11) is 2.26. The van der Waals surface area contributed by atoms with E-state index in [0.717, 1.165) is 30.1 Å². The number of piperidine rings is 1. The van der Waals surface area contributed by atoms with Gasteiger partial charge in [0.05, 0.1) is 0 Å². The van der Waals surface area contributed by atoms with Crippen LogP contribution in [0, 0.1) is 0 Å². The number of hydrogen-bond donors (Lipinski definition) is 1. The maximum absolute atomic E-state index is 5.96. The van der Waals surface area contributed by atoms with Crippen molar-refractivity contribution >= 4 is 0 Å². The lowest BCUT2D eigenvalue weighted by atomic mass is 9.98. The van der Waals surface area contributed by atoms with Gasteiger partial charge in [-0.15, -0.1) is 0 Å². The van der Waals surface area contributed by atoms with Gasteiger partial charge in [-0.05, 0) is 62.6 Å². The number of hydrogen-bond acceptors (Lipinski definition) is 3. The van der Waals surface area contributed by atoms with Gasteiger partial charge in [0, 0.05) is 24.7 Å². The number of nitrogens with one attached hydrogen (secondary N) is 1. The number of benzene rings is 2. The minimum atomic E-state index is 0.697. The molecule has 3 heteroatoms. The van der Waals surface area contributed by atoms with Crippen LogP contribution in [0.1, 0.15) is 31.2 Å². The SMILES string of the molecule is CN(Cc1cccc(Oc2ccccc2)c1)C1CC2CCC(C1)N2. The summed E-state index contributed by atoms with van der Waals surface area (Å²) in [5.74, 6) is 1.80. The standard InChI is InChI=1S/C21H26N2O/c1-23(19-13-17-10-11-18(14-19)22-17)15-16-6-5-9-21(12-16)24-20-7-3-2-4-8-20/h2-9,12,17-19,22H,10-11,13-15H2,1H3. The highest BCUT2D eigenvalue weighted by Crippen LogP contribution is 2.30. The van der Waals surface area contributed by atoms with Gasteiger partial charge in [-0.3, -0.25) is 4.90 Å². The van der Waals surface area contributed by atoms with Crippen LogP contribution >= 0.6 is 0 Å². The lowest BCUT2D eigenvalue weighted by Crippen LogP contribution is -2.46. The van der Waals surface area contributed by atoms with E-state index in [0.29, 0.717) is 6.04 Å². The van der Waals surface area contributed by atoms with E-state index in [1.54, 1.807) is 0 Å². The van der Waals surface area contributed by atoms with Crippen molar-refractivity contribution in [1.29, 1.82) is 0 Å². The molecule has 2 fully saturated rings. The molecule has 24 heavy (non-hydrogen) atoms. The maximum atomic E-state index is 5.96. The fourth-order valence-corrected chi connectivity index (χ4v) is 4.14. The Morgan fingerprint density at radius 1 is 0.958 bits per heavy atom. The second kappa shape index (κ2) is 6.96. The third-order valence-electron chi connectivity index (χ3n) is 5.38. The van der Waals surface area contributed by atoms with Gasteiger partial charge in [-0.1, -0.05) is 30.3 Å². The van der Waals surface area contributed by atoms with Crippen molar-refractivity contribution in [1.82, 2.24) is 10.2 Å². The normalized spacial score (nSPS) is 25.8. The van der Waals surface area contributed by atoms with Crippen LogP contribution in [0.2, 0.25) is 0 Å². The van der Waals surface area contributed by atoms with Gasteiger partial charge in [0.25, 0.3) is 0 Å². The van der Waals surface area contributed by atoms with Crippen molar-refractivity contribution in [3.05, 3.63) is 60.2 Å². The van der Waals surface area contributed by atoms with Crippen molar-refractivity contribution < 1.29 is 4.74 Å². The summed E-state index contributed by atoms with van der Waals surface area (Å²) in [4.78, 5) is 2.52. The molecule has 0 spiro atoms. The van der Waals surface area contributed by atoms with Crippen LogP contribution in [0.3, 0.4) is 0 Å². The zero-order valence-corrected chi connectivity index (χ0v) is 14.3. The summed E-state index contributed by atoms with van der Waals surface area (Å²) in [6.45, 7) is 0.982. The Morgan fingerprint density at radius 3 is 2.42 bits per heavy atom. The fraction of sp³-hybridized carbons (Fsp3) is 0.429. The van der Waals surface area contributed by atoms with Crippen molar-refractivity contribution in [3.8, 4) is 11.5 Å². The average molecular weight is 322 g/mol. The van der Waals surface area contributed by atoms with Crippen LogP contribution in [0.5, 0.6) is 11.5 Å². The number of rotatable bonds is 5. The third-order valence-corrected chi connectivity index (χ3v) is 5.38. The van der Waals surface area contributed by atoms with Gasteiger partial charge < -0.3 is 10.1 Å². The van der Waals surface area contributed by atoms with E-state index in [1.807, 2.05) is 36.4 Å². The minimum Gasteiger partial charge on any atom is -0.457 e. The number of nitrogens with zero attached hydrogens (tertiary/aromatic N) is 1. The van der Waals surface area contributed by atoms with Crippen LogP contribution < -0.4 is 10.1 Å². The molecule has 2 aromatic rings. The molecule has 4 rings (SSSR count). The van der Waals surface area contributed by atoms with Crippen molar-refractivity contribution in [2.45, 2.75) is 50.4 Å². The van der Waals surface area contributed by atoms with Gasteiger partial charge in [0.2, 0.25) is 0 Å². The first-order valence-corrected chi connectivity index (χ1v) is 9.04. The Balaban J connectivity index is 1.40. The van der Waals surface area contributed by atoms with Crippen molar-refractivity contribution in [3.63, 3.8) is 0 Å². The largest absolute Gasteiger partial charge is 0.457 e. The molecule has 3 nitrogen and oxygen atoms in total. The van der Waals surface area contributed by atoms with Crippen molar-refractivity contribution in [2.24, 2.45) is 0 Å². The lowest BCUT2D eigenvalue weighted by Gasteiger charge is -2.35. The number of para-hydroxylation sites is 1. The van der Waals surface area contributed by atoms with Gasteiger partial charge >= 0.3 is 0 Å². The first kappa shape index (κ1) is 15.7. The summed E-state index contributed by atoms with van der Waals surface area (Å²) in [6.07, 6.45) is 5.28. The quantitative estimate of drug-likeness (QED) is 0.893. The average Bonchev–Trinajstić information content (AvgIpc) is 2.94. The van der Waals surface area contributed by atoms with Crippen LogP contribution in [-0.4, -0.2) is 30.1 Å². The molecule has 0 radical (unpaired) electrons. The molecular weight excluding hydrogens is 296 g/mol. The number of ether oxygens (including phenoxy) is 1. The first-order chi connectivity index (χ1) is 11.8. The van der Waals surface area contributed by atoms with Gasteiger partial charge in [-0.2, -0.15) is 0 Å². The summed E-state index contributed by atoms with van der Waals surface area (Å²) < 4.78 is 5.96. The predicted molar refractivity (Wildman–Crippen MR) is 97.4 cm³/mol. The van der Waals surface area contributed by atoms with E-state index in [9.17, 15) is 0 Å². The van der Waals surface area contributed by atoms with Crippen LogP contribution in [0.15, 0.2) is 54.6 Å². The summed E-state index contributed by atoms with van der Waals surface area (Å²) in [5, 5.41) is 3.73. The Hall–Kier alpha value is -1.84. The Morgan fingerprint density at radius 2 is 1.67 bits per heavy atom. The molecule has 2 aromatic carbocycles. The molecule has 2 aliphatic rings. The summed E-state index contributed by atoms with van der Waals surface area (Å²) in [5.41, 5.74) is 1.32. The highest BCUT2D eigenvalue weighted by molar-refractivity contribution is 5.33. The molecule has 1 N–H and O–H groups in total. The second-order valence-corrected chi connectivity index (χ2v) is 7.24. The van der Waals surface area contributed by atoms with Crippen molar-refractivity contribution in [2.75, 3.05) is 7.05 Å². The second-order valence-electron chi connectivity index (χ2n) is 7.24. The summed E-state index contributed by atoms with van der Waals surface area (Å²) >= 11 is 0. The molecule has 126 valence electrons. The van der Waals surface area contributed by atoms with E-state index in [4.69, 9.17) is 4.74 Å². The van der Waals surface area contributed by atoms with E-state index in [2.05, 4.69) is 35.5 Å². The van der Waals surface area contributed by atoms with E-state index < -0.39 is 0 Å². The zero-order valence-electron chi connectivity index (χ0n) is 14.3. The molecule has 0 aliphatic carbocycles.